The van der Waals surface area contributed by atoms with Crippen molar-refractivity contribution in [1.82, 2.24) is 15.4 Å². The molecule has 2 aromatic heterocycles. The van der Waals surface area contributed by atoms with Crippen molar-refractivity contribution in [2.75, 3.05) is 0 Å². The van der Waals surface area contributed by atoms with Gasteiger partial charge in [-0.25, -0.2) is 15.8 Å². The van der Waals surface area contributed by atoms with Gasteiger partial charge in [0.15, 0.2) is 5.58 Å². The van der Waals surface area contributed by atoms with Gasteiger partial charge in [-0.3, -0.25) is 10.2 Å². The highest BCUT2D eigenvalue weighted by molar-refractivity contribution is 5.91. The number of amides is 1. The summed E-state index contributed by atoms with van der Waals surface area (Å²) in [5.41, 5.74) is 3.06. The van der Waals surface area contributed by atoms with Crippen molar-refractivity contribution in [3.8, 4) is 0 Å². The lowest BCUT2D eigenvalue weighted by Gasteiger charge is -1.95. The number of rotatable bonds is 1. The van der Waals surface area contributed by atoms with E-state index in [-0.39, 0.29) is 5.82 Å². The van der Waals surface area contributed by atoms with Crippen LogP contribution < -0.4 is 11.3 Å². The van der Waals surface area contributed by atoms with Crippen LogP contribution in [0.25, 0.3) is 11.1 Å². The van der Waals surface area contributed by atoms with E-state index in [9.17, 15) is 4.79 Å². The normalized spacial score (nSPS) is 10.2. The van der Waals surface area contributed by atoms with Crippen LogP contribution in [0.15, 0.2) is 22.9 Å². The Morgan fingerprint density at radius 2 is 2.46 bits per heavy atom. The third-order valence-electron chi connectivity index (χ3n) is 1.54. The van der Waals surface area contributed by atoms with E-state index in [1.54, 1.807) is 6.07 Å². The first-order chi connectivity index (χ1) is 6.31. The molecule has 0 saturated carbocycles. The fraction of sp³-hybridized carbons (Fsp3) is 0. The van der Waals surface area contributed by atoms with Gasteiger partial charge >= 0.3 is 5.91 Å². The van der Waals surface area contributed by atoms with E-state index in [1.807, 2.05) is 5.43 Å². The minimum Gasteiger partial charge on any atom is -0.461 e. The number of hydrogen-bond acceptors (Lipinski definition) is 5. The van der Waals surface area contributed by atoms with Crippen molar-refractivity contribution >= 4 is 17.0 Å². The van der Waals surface area contributed by atoms with E-state index < -0.39 is 5.91 Å². The lowest BCUT2D eigenvalue weighted by Crippen LogP contribution is -2.31. The number of fused-ring (bicyclic) bond motifs is 1. The van der Waals surface area contributed by atoms with Crippen molar-refractivity contribution in [3.63, 3.8) is 0 Å². The summed E-state index contributed by atoms with van der Waals surface area (Å²) in [7, 11) is 0. The first-order valence-electron chi connectivity index (χ1n) is 3.52. The smallest absolute Gasteiger partial charge is 0.302 e. The molecular weight excluding hydrogens is 172 g/mol. The highest BCUT2D eigenvalue weighted by atomic mass is 16.3. The van der Waals surface area contributed by atoms with Gasteiger partial charge in [-0.15, -0.1) is 0 Å². The number of nitrogens with zero attached hydrogens (tertiary/aromatic N) is 2. The Balaban J connectivity index is 2.54. The zero-order valence-corrected chi connectivity index (χ0v) is 6.52. The molecule has 1 amide bonds. The number of carbonyl (C=O) groups is 1. The summed E-state index contributed by atoms with van der Waals surface area (Å²) in [5.74, 6) is 4.42. The summed E-state index contributed by atoms with van der Waals surface area (Å²) < 4.78 is 5.00. The molecule has 6 heteroatoms. The average Bonchev–Trinajstić information content (AvgIpc) is 2.63. The van der Waals surface area contributed by atoms with Crippen LogP contribution in [0.5, 0.6) is 0 Å². The van der Waals surface area contributed by atoms with Crippen LogP contribution in [0.2, 0.25) is 0 Å². The molecule has 0 atom stereocenters. The molecule has 0 bridgehead atoms. The number of nitrogen functional groups attached to an aromatic ring is 1. The van der Waals surface area contributed by atoms with E-state index in [2.05, 4.69) is 9.97 Å². The van der Waals surface area contributed by atoms with Crippen LogP contribution in [0.3, 0.4) is 0 Å². The highest BCUT2D eigenvalue weighted by Gasteiger charge is 2.08. The number of furan rings is 1. The molecule has 0 fully saturated rings. The molecule has 0 unspecified atom stereocenters. The Morgan fingerprint density at radius 1 is 1.62 bits per heavy atom. The SMILES string of the molecule is NNC(=O)c1ncc2occc2n1. The number of nitrogens with one attached hydrogen (secondary N) is 1. The second-order valence-corrected chi connectivity index (χ2v) is 2.34. The van der Waals surface area contributed by atoms with Gasteiger partial charge in [0.1, 0.15) is 5.52 Å². The minimum atomic E-state index is -0.525. The first-order valence-corrected chi connectivity index (χ1v) is 3.52. The Morgan fingerprint density at radius 3 is 3.23 bits per heavy atom. The molecule has 0 radical (unpaired) electrons. The van der Waals surface area contributed by atoms with Gasteiger partial charge < -0.3 is 4.42 Å². The number of nitrogens with two attached hydrogens (primary N) is 1. The molecule has 0 aliphatic heterocycles. The Kier molecular flexibility index (Phi) is 1.67. The van der Waals surface area contributed by atoms with Crippen LogP contribution >= 0.6 is 0 Å². The topological polar surface area (TPSA) is 94.0 Å². The Labute approximate surface area is 72.7 Å². The third-order valence-corrected chi connectivity index (χ3v) is 1.54. The largest absolute Gasteiger partial charge is 0.461 e. The molecule has 2 heterocycles. The van der Waals surface area contributed by atoms with E-state index in [0.717, 1.165) is 0 Å². The first kappa shape index (κ1) is 7.69. The summed E-state index contributed by atoms with van der Waals surface area (Å²) in [6.07, 6.45) is 2.90. The molecule has 2 aromatic rings. The molecule has 6 nitrogen and oxygen atoms in total. The Hall–Kier alpha value is -1.95. The monoisotopic (exact) mass is 178 g/mol. The quantitative estimate of drug-likeness (QED) is 0.359. The number of hydrazine groups is 1. The predicted molar refractivity (Wildman–Crippen MR) is 43.5 cm³/mol. The fourth-order valence-electron chi connectivity index (χ4n) is 0.940. The molecule has 66 valence electrons. The lowest BCUT2D eigenvalue weighted by atomic mass is 10.4. The van der Waals surface area contributed by atoms with Crippen molar-refractivity contribution in [1.29, 1.82) is 0 Å². The van der Waals surface area contributed by atoms with Gasteiger partial charge in [0, 0.05) is 6.07 Å². The van der Waals surface area contributed by atoms with Gasteiger partial charge in [0.05, 0.1) is 12.5 Å². The van der Waals surface area contributed by atoms with Gasteiger partial charge in [0.25, 0.3) is 0 Å². The van der Waals surface area contributed by atoms with Crippen LogP contribution in [0.1, 0.15) is 10.6 Å². The maximum atomic E-state index is 11.0. The molecular formula is C7H6N4O2. The molecule has 13 heavy (non-hydrogen) atoms. The van der Waals surface area contributed by atoms with Crippen LogP contribution in [0, 0.1) is 0 Å². The van der Waals surface area contributed by atoms with Gasteiger partial charge in [-0.05, 0) is 0 Å². The summed E-state index contributed by atoms with van der Waals surface area (Å²) in [4.78, 5) is 18.6. The van der Waals surface area contributed by atoms with Crippen LogP contribution in [-0.2, 0) is 0 Å². The molecule has 0 aromatic carbocycles. The lowest BCUT2D eigenvalue weighted by molar-refractivity contribution is 0.0943. The molecule has 3 N–H and O–H groups in total. The summed E-state index contributed by atoms with van der Waals surface area (Å²) in [6, 6.07) is 1.64. The van der Waals surface area contributed by atoms with Crippen LogP contribution in [0.4, 0.5) is 0 Å². The molecule has 0 spiro atoms. The van der Waals surface area contributed by atoms with Gasteiger partial charge in [-0.1, -0.05) is 0 Å². The van der Waals surface area contributed by atoms with Crippen molar-refractivity contribution in [2.24, 2.45) is 5.84 Å². The second kappa shape index (κ2) is 2.83. The van der Waals surface area contributed by atoms with E-state index in [0.29, 0.717) is 11.1 Å². The van der Waals surface area contributed by atoms with Crippen molar-refractivity contribution in [3.05, 3.63) is 24.4 Å². The standard InChI is InChI=1S/C7H6N4O2/c8-11-7(12)6-9-3-5-4(10-6)1-2-13-5/h1-3H,8H2,(H,11,12). The maximum absolute atomic E-state index is 11.0. The molecule has 0 aliphatic carbocycles. The molecule has 0 aliphatic rings. The number of aromatic nitrogens is 2. The number of carbonyl (C=O) groups excluding carboxylic acids is 1. The zero-order chi connectivity index (χ0) is 9.26. The number of hydrogen-bond donors (Lipinski definition) is 2. The minimum absolute atomic E-state index is 0.0244. The highest BCUT2D eigenvalue weighted by Crippen LogP contribution is 2.10. The van der Waals surface area contributed by atoms with Crippen molar-refractivity contribution in [2.45, 2.75) is 0 Å². The second-order valence-electron chi connectivity index (χ2n) is 2.34. The zero-order valence-electron chi connectivity index (χ0n) is 6.52. The Bertz CT molecular complexity index is 450. The van der Waals surface area contributed by atoms with E-state index >= 15 is 0 Å². The van der Waals surface area contributed by atoms with E-state index in [1.165, 1.54) is 12.5 Å². The third kappa shape index (κ3) is 1.23. The average molecular weight is 178 g/mol. The summed E-state index contributed by atoms with van der Waals surface area (Å²) in [6.45, 7) is 0. The van der Waals surface area contributed by atoms with Gasteiger partial charge in [0.2, 0.25) is 5.82 Å². The van der Waals surface area contributed by atoms with Gasteiger partial charge in [-0.2, -0.15) is 0 Å². The molecule has 0 saturated heterocycles. The summed E-state index contributed by atoms with van der Waals surface area (Å²) >= 11 is 0. The van der Waals surface area contributed by atoms with Crippen LogP contribution in [-0.4, -0.2) is 15.9 Å². The van der Waals surface area contributed by atoms with Crippen molar-refractivity contribution < 1.29 is 9.21 Å². The maximum Gasteiger partial charge on any atom is 0.302 e. The fourth-order valence-corrected chi connectivity index (χ4v) is 0.940. The predicted octanol–water partition coefficient (Wildman–Crippen LogP) is -0.174. The van der Waals surface area contributed by atoms with E-state index in [4.69, 9.17) is 10.3 Å². The molecule has 2 rings (SSSR count). The summed E-state index contributed by atoms with van der Waals surface area (Å²) in [5, 5.41) is 0.